The van der Waals surface area contributed by atoms with E-state index < -0.39 is 5.41 Å². The molecule has 0 aromatic rings. The van der Waals surface area contributed by atoms with E-state index in [1.165, 1.54) is 25.7 Å². The predicted octanol–water partition coefficient (Wildman–Crippen LogP) is 3.50. The standard InChI is InChI=1S/C18H34N2O2/c1-5-13-20(14-6-2)17(22)18(3,4)16(21)19-15-11-9-7-8-10-12-15/h15H,5-14H2,1-4H3,(H,19,21). The van der Waals surface area contributed by atoms with Gasteiger partial charge >= 0.3 is 0 Å². The maximum absolute atomic E-state index is 12.8. The predicted molar refractivity (Wildman–Crippen MR) is 90.6 cm³/mol. The molecule has 0 aromatic carbocycles. The van der Waals surface area contributed by atoms with E-state index in [1.807, 2.05) is 4.90 Å². The van der Waals surface area contributed by atoms with Crippen LogP contribution in [0.25, 0.3) is 0 Å². The van der Waals surface area contributed by atoms with Crippen molar-refractivity contribution >= 4 is 11.8 Å². The second-order valence-electron chi connectivity index (χ2n) is 7.08. The molecule has 0 radical (unpaired) electrons. The van der Waals surface area contributed by atoms with Crippen LogP contribution in [0.2, 0.25) is 0 Å². The first-order valence-electron chi connectivity index (χ1n) is 9.03. The summed E-state index contributed by atoms with van der Waals surface area (Å²) >= 11 is 0. The summed E-state index contributed by atoms with van der Waals surface area (Å²) in [4.78, 5) is 27.2. The Hall–Kier alpha value is -1.06. The molecule has 0 aromatic heterocycles. The second kappa shape index (κ2) is 9.16. The van der Waals surface area contributed by atoms with Crippen LogP contribution in [0.5, 0.6) is 0 Å². The zero-order valence-corrected chi connectivity index (χ0v) is 14.9. The highest BCUT2D eigenvalue weighted by molar-refractivity contribution is 6.04. The van der Waals surface area contributed by atoms with E-state index in [0.29, 0.717) is 0 Å². The average Bonchev–Trinajstić information content (AvgIpc) is 2.74. The van der Waals surface area contributed by atoms with E-state index in [0.717, 1.165) is 38.8 Å². The molecule has 4 heteroatoms. The van der Waals surface area contributed by atoms with Crippen molar-refractivity contribution in [3.63, 3.8) is 0 Å². The second-order valence-corrected chi connectivity index (χ2v) is 7.08. The highest BCUT2D eigenvalue weighted by Gasteiger charge is 2.39. The van der Waals surface area contributed by atoms with Crippen molar-refractivity contribution < 1.29 is 9.59 Å². The molecule has 0 spiro atoms. The number of rotatable bonds is 7. The summed E-state index contributed by atoms with van der Waals surface area (Å²) < 4.78 is 0. The molecule has 22 heavy (non-hydrogen) atoms. The van der Waals surface area contributed by atoms with Gasteiger partial charge in [-0.2, -0.15) is 0 Å². The van der Waals surface area contributed by atoms with E-state index in [1.54, 1.807) is 13.8 Å². The Labute approximate surface area is 136 Å². The number of nitrogens with zero attached hydrogens (tertiary/aromatic N) is 1. The summed E-state index contributed by atoms with van der Waals surface area (Å²) in [6, 6.07) is 0.243. The summed E-state index contributed by atoms with van der Waals surface area (Å²) in [7, 11) is 0. The van der Waals surface area contributed by atoms with Gasteiger partial charge in [0.1, 0.15) is 5.41 Å². The molecule has 1 saturated carbocycles. The minimum Gasteiger partial charge on any atom is -0.352 e. The van der Waals surface area contributed by atoms with Crippen molar-refractivity contribution in [3.05, 3.63) is 0 Å². The first-order chi connectivity index (χ1) is 10.4. The Kier molecular flexibility index (Phi) is 7.91. The van der Waals surface area contributed by atoms with Crippen LogP contribution in [-0.4, -0.2) is 35.8 Å². The van der Waals surface area contributed by atoms with E-state index in [9.17, 15) is 9.59 Å². The molecule has 0 bridgehead atoms. The lowest BCUT2D eigenvalue weighted by atomic mass is 9.89. The summed E-state index contributed by atoms with van der Waals surface area (Å²) in [5.41, 5.74) is -0.976. The fraction of sp³-hybridized carbons (Fsp3) is 0.889. The lowest BCUT2D eigenvalue weighted by Gasteiger charge is -2.32. The fourth-order valence-corrected chi connectivity index (χ4v) is 3.14. The maximum Gasteiger partial charge on any atom is 0.237 e. The van der Waals surface area contributed by atoms with Crippen molar-refractivity contribution in [2.24, 2.45) is 5.41 Å². The highest BCUT2D eigenvalue weighted by atomic mass is 16.2. The van der Waals surface area contributed by atoms with E-state index in [4.69, 9.17) is 0 Å². The molecule has 4 nitrogen and oxygen atoms in total. The first-order valence-corrected chi connectivity index (χ1v) is 9.03. The minimum atomic E-state index is -0.976. The molecule has 0 saturated heterocycles. The monoisotopic (exact) mass is 310 g/mol. The number of nitrogens with one attached hydrogen (secondary N) is 1. The maximum atomic E-state index is 12.8. The van der Waals surface area contributed by atoms with Gasteiger partial charge in [-0.05, 0) is 39.5 Å². The van der Waals surface area contributed by atoms with Crippen LogP contribution in [-0.2, 0) is 9.59 Å². The molecule has 0 atom stereocenters. The molecule has 0 heterocycles. The number of carbonyl (C=O) groups excluding carboxylic acids is 2. The van der Waals surface area contributed by atoms with Gasteiger partial charge in [0.05, 0.1) is 0 Å². The average molecular weight is 310 g/mol. The molecule has 2 amide bonds. The first kappa shape index (κ1) is 19.0. The fourth-order valence-electron chi connectivity index (χ4n) is 3.14. The SMILES string of the molecule is CCCN(CCC)C(=O)C(C)(C)C(=O)NC1CCCCCC1. The lowest BCUT2D eigenvalue weighted by molar-refractivity contribution is -0.149. The highest BCUT2D eigenvalue weighted by Crippen LogP contribution is 2.23. The van der Waals surface area contributed by atoms with E-state index in [-0.39, 0.29) is 17.9 Å². The van der Waals surface area contributed by atoms with Gasteiger partial charge in [0, 0.05) is 19.1 Å². The van der Waals surface area contributed by atoms with Crippen LogP contribution in [0, 0.1) is 5.41 Å². The van der Waals surface area contributed by atoms with Crippen LogP contribution < -0.4 is 5.32 Å². The number of amides is 2. The third-order valence-corrected chi connectivity index (χ3v) is 4.57. The van der Waals surface area contributed by atoms with Crippen molar-refractivity contribution in [2.45, 2.75) is 85.1 Å². The van der Waals surface area contributed by atoms with Crippen LogP contribution in [0.1, 0.15) is 79.1 Å². The van der Waals surface area contributed by atoms with Crippen LogP contribution >= 0.6 is 0 Å². The minimum absolute atomic E-state index is 0.0395. The third kappa shape index (κ3) is 5.29. The van der Waals surface area contributed by atoms with Crippen molar-refractivity contribution in [1.29, 1.82) is 0 Å². The summed E-state index contributed by atoms with van der Waals surface area (Å²) in [6.07, 6.45) is 8.81. The number of carbonyl (C=O) groups is 2. The zero-order chi connectivity index (χ0) is 16.6. The molecule has 1 N–H and O–H groups in total. The number of hydrogen-bond donors (Lipinski definition) is 1. The smallest absolute Gasteiger partial charge is 0.237 e. The molecule has 1 rings (SSSR count). The van der Waals surface area contributed by atoms with Crippen molar-refractivity contribution in [1.82, 2.24) is 10.2 Å². The Morgan fingerprint density at radius 3 is 1.95 bits per heavy atom. The molecule has 1 fully saturated rings. The topological polar surface area (TPSA) is 49.4 Å². The van der Waals surface area contributed by atoms with Crippen molar-refractivity contribution in [2.75, 3.05) is 13.1 Å². The van der Waals surface area contributed by atoms with Crippen molar-refractivity contribution in [3.8, 4) is 0 Å². The van der Waals surface area contributed by atoms with Crippen LogP contribution in [0.15, 0.2) is 0 Å². The van der Waals surface area contributed by atoms with Gasteiger partial charge in [0.25, 0.3) is 0 Å². The Bertz CT molecular complexity index is 352. The van der Waals surface area contributed by atoms with Crippen LogP contribution in [0.3, 0.4) is 0 Å². The van der Waals surface area contributed by atoms with Gasteiger partial charge in [-0.25, -0.2) is 0 Å². The van der Waals surface area contributed by atoms with Crippen LogP contribution in [0.4, 0.5) is 0 Å². The summed E-state index contributed by atoms with van der Waals surface area (Å²) in [5.74, 6) is -0.149. The quantitative estimate of drug-likeness (QED) is 0.578. The molecule has 1 aliphatic carbocycles. The van der Waals surface area contributed by atoms with Gasteiger partial charge in [-0.3, -0.25) is 9.59 Å². The third-order valence-electron chi connectivity index (χ3n) is 4.57. The zero-order valence-electron chi connectivity index (χ0n) is 14.9. The Balaban J connectivity index is 2.68. The summed E-state index contributed by atoms with van der Waals surface area (Å²) in [6.45, 7) is 9.11. The van der Waals surface area contributed by atoms with E-state index in [2.05, 4.69) is 19.2 Å². The molecular weight excluding hydrogens is 276 g/mol. The van der Waals surface area contributed by atoms with Gasteiger partial charge in [0.2, 0.25) is 11.8 Å². The van der Waals surface area contributed by atoms with Gasteiger partial charge in [-0.1, -0.05) is 39.5 Å². The molecular formula is C18H34N2O2. The Morgan fingerprint density at radius 1 is 1.00 bits per heavy atom. The van der Waals surface area contributed by atoms with E-state index >= 15 is 0 Å². The van der Waals surface area contributed by atoms with Gasteiger partial charge < -0.3 is 10.2 Å². The Morgan fingerprint density at radius 2 is 1.50 bits per heavy atom. The molecule has 128 valence electrons. The number of hydrogen-bond acceptors (Lipinski definition) is 2. The van der Waals surface area contributed by atoms with Gasteiger partial charge in [0.15, 0.2) is 0 Å². The molecule has 0 unspecified atom stereocenters. The lowest BCUT2D eigenvalue weighted by Crippen LogP contribution is -2.52. The largest absolute Gasteiger partial charge is 0.352 e. The summed E-state index contributed by atoms with van der Waals surface area (Å²) in [5, 5.41) is 3.13. The normalized spacial score (nSPS) is 16.9. The van der Waals surface area contributed by atoms with Gasteiger partial charge in [-0.15, -0.1) is 0 Å². The molecule has 0 aliphatic heterocycles. The molecule has 1 aliphatic rings.